The summed E-state index contributed by atoms with van der Waals surface area (Å²) >= 11 is 0. The molecule has 5 rings (SSSR count). The number of carbonyl (C=O) groups excluding carboxylic acids is 2. The molecule has 1 amide bonds. The van der Waals surface area contributed by atoms with Gasteiger partial charge in [-0.05, 0) is 72.7 Å². The summed E-state index contributed by atoms with van der Waals surface area (Å²) in [4.78, 5) is 27.8. The van der Waals surface area contributed by atoms with E-state index in [0.29, 0.717) is 16.9 Å². The molecule has 0 aromatic heterocycles. The van der Waals surface area contributed by atoms with Gasteiger partial charge in [0.1, 0.15) is 17.3 Å². The van der Waals surface area contributed by atoms with E-state index in [1.807, 2.05) is 12.1 Å². The zero-order chi connectivity index (χ0) is 23.8. The number of hydrogen-bond acceptors (Lipinski definition) is 5. The summed E-state index contributed by atoms with van der Waals surface area (Å²) < 4.78 is 5.25. The highest BCUT2D eigenvalue weighted by Gasteiger charge is 2.47. The van der Waals surface area contributed by atoms with E-state index in [4.69, 9.17) is 4.74 Å². The van der Waals surface area contributed by atoms with Gasteiger partial charge in [-0.15, -0.1) is 0 Å². The summed E-state index contributed by atoms with van der Waals surface area (Å²) in [5, 5.41) is 21.9. The molecule has 1 aliphatic heterocycles. The summed E-state index contributed by atoms with van der Waals surface area (Å²) in [5.41, 5.74) is 3.73. The number of carbonyl (C=O) groups is 2. The summed E-state index contributed by atoms with van der Waals surface area (Å²) in [5.74, 6) is -1.32. The van der Waals surface area contributed by atoms with E-state index in [2.05, 4.69) is 0 Å². The lowest BCUT2D eigenvalue weighted by atomic mass is 9.88. The maximum absolute atomic E-state index is 13.3. The highest BCUT2D eigenvalue weighted by molar-refractivity contribution is 6.51. The number of ketones is 1. The van der Waals surface area contributed by atoms with Crippen molar-refractivity contribution in [3.8, 4) is 11.5 Å². The normalized spacial score (nSPS) is 19.2. The van der Waals surface area contributed by atoms with Gasteiger partial charge < -0.3 is 14.9 Å². The molecule has 6 heteroatoms. The Morgan fingerprint density at radius 2 is 1.65 bits per heavy atom. The Hall–Kier alpha value is -4.06. The molecule has 6 nitrogen and oxygen atoms in total. The Morgan fingerprint density at radius 1 is 0.941 bits per heavy atom. The predicted molar refractivity (Wildman–Crippen MR) is 129 cm³/mol. The number of phenols is 1. The van der Waals surface area contributed by atoms with E-state index >= 15 is 0 Å². The minimum Gasteiger partial charge on any atom is -0.507 e. The standard InChI is InChI=1S/C28H25NO5/c1-34-21-14-12-18(13-15-21)25-24(26(31)20-11-10-17-6-2-3-7-19(17)16-20)27(32)28(33)29(25)22-8-4-5-9-23(22)30/h4-5,8-16,25,30-31H,2-3,6-7H2,1H3/b26-24-. The first-order valence-electron chi connectivity index (χ1n) is 11.3. The molecule has 1 aliphatic carbocycles. The number of aromatic hydroxyl groups is 1. The van der Waals surface area contributed by atoms with Crippen molar-refractivity contribution in [3.05, 3.63) is 94.6 Å². The van der Waals surface area contributed by atoms with E-state index in [1.54, 1.807) is 55.6 Å². The third-order valence-electron chi connectivity index (χ3n) is 6.64. The van der Waals surface area contributed by atoms with E-state index < -0.39 is 17.7 Å². The van der Waals surface area contributed by atoms with Crippen LogP contribution in [0.1, 0.15) is 41.1 Å². The predicted octanol–water partition coefficient (Wildman–Crippen LogP) is 4.91. The molecular formula is C28H25NO5. The lowest BCUT2D eigenvalue weighted by Crippen LogP contribution is -2.29. The van der Waals surface area contributed by atoms with Crippen LogP contribution < -0.4 is 9.64 Å². The Balaban J connectivity index is 1.70. The number of Topliss-reactive ketones (excluding diaryl/α,β-unsaturated/α-hetero) is 1. The number of fused-ring (bicyclic) bond motifs is 1. The van der Waals surface area contributed by atoms with Crippen molar-refractivity contribution in [2.75, 3.05) is 12.0 Å². The monoisotopic (exact) mass is 455 g/mol. The van der Waals surface area contributed by atoms with Gasteiger partial charge in [-0.25, -0.2) is 0 Å². The molecule has 34 heavy (non-hydrogen) atoms. The Labute approximate surface area is 197 Å². The number of rotatable bonds is 4. The van der Waals surface area contributed by atoms with Gasteiger partial charge in [-0.3, -0.25) is 14.5 Å². The van der Waals surface area contributed by atoms with Crippen LogP contribution in [0.3, 0.4) is 0 Å². The summed E-state index contributed by atoms with van der Waals surface area (Å²) in [6.45, 7) is 0. The van der Waals surface area contributed by atoms with Crippen LogP contribution in [0, 0.1) is 0 Å². The maximum atomic E-state index is 13.3. The average molecular weight is 456 g/mol. The number of aliphatic hydroxyl groups excluding tert-OH is 1. The molecule has 1 fully saturated rings. The van der Waals surface area contributed by atoms with Gasteiger partial charge >= 0.3 is 0 Å². The molecule has 0 radical (unpaired) electrons. The number of hydrogen-bond donors (Lipinski definition) is 2. The summed E-state index contributed by atoms with van der Waals surface area (Å²) in [6, 6.07) is 18.2. The van der Waals surface area contributed by atoms with Crippen molar-refractivity contribution >= 4 is 23.1 Å². The molecule has 0 saturated carbocycles. The molecule has 2 N–H and O–H groups in total. The largest absolute Gasteiger partial charge is 0.507 e. The number of aryl methyl sites for hydroxylation is 2. The van der Waals surface area contributed by atoms with Crippen molar-refractivity contribution in [2.45, 2.75) is 31.7 Å². The highest BCUT2D eigenvalue weighted by Crippen LogP contribution is 2.45. The number of phenolic OH excluding ortho intramolecular Hbond substituents is 1. The smallest absolute Gasteiger partial charge is 0.300 e. The van der Waals surface area contributed by atoms with Gasteiger partial charge in [-0.2, -0.15) is 0 Å². The van der Waals surface area contributed by atoms with Gasteiger partial charge in [0.05, 0.1) is 24.4 Å². The number of para-hydroxylation sites is 2. The average Bonchev–Trinajstić information content (AvgIpc) is 3.13. The van der Waals surface area contributed by atoms with Gasteiger partial charge in [-0.1, -0.05) is 36.4 Å². The van der Waals surface area contributed by atoms with Crippen LogP contribution in [0.25, 0.3) is 5.76 Å². The maximum Gasteiger partial charge on any atom is 0.300 e. The SMILES string of the molecule is COc1ccc(C2/C(=C(/O)c3ccc4c(c3)CCCC4)C(=O)C(=O)N2c2ccccc2O)cc1. The van der Waals surface area contributed by atoms with Crippen LogP contribution in [0.4, 0.5) is 5.69 Å². The van der Waals surface area contributed by atoms with E-state index in [0.717, 1.165) is 31.2 Å². The molecule has 0 bridgehead atoms. The van der Waals surface area contributed by atoms with Gasteiger partial charge in [0, 0.05) is 5.56 Å². The molecule has 2 aliphatic rings. The van der Waals surface area contributed by atoms with Crippen molar-refractivity contribution < 1.29 is 24.5 Å². The first-order valence-corrected chi connectivity index (χ1v) is 11.3. The molecule has 0 spiro atoms. The van der Waals surface area contributed by atoms with Crippen LogP contribution in [0.15, 0.2) is 72.3 Å². The van der Waals surface area contributed by atoms with Gasteiger partial charge in [0.2, 0.25) is 0 Å². The summed E-state index contributed by atoms with van der Waals surface area (Å²) in [6.07, 6.45) is 4.15. The van der Waals surface area contributed by atoms with Crippen molar-refractivity contribution in [2.24, 2.45) is 0 Å². The van der Waals surface area contributed by atoms with Crippen molar-refractivity contribution in [1.29, 1.82) is 0 Å². The minimum absolute atomic E-state index is 0.00539. The fourth-order valence-electron chi connectivity index (χ4n) is 4.89. The second-order valence-corrected chi connectivity index (χ2v) is 8.62. The lowest BCUT2D eigenvalue weighted by Gasteiger charge is -2.26. The number of aliphatic hydroxyl groups is 1. The van der Waals surface area contributed by atoms with E-state index in [9.17, 15) is 19.8 Å². The zero-order valence-corrected chi connectivity index (χ0v) is 18.8. The van der Waals surface area contributed by atoms with E-state index in [-0.39, 0.29) is 22.8 Å². The van der Waals surface area contributed by atoms with Crippen LogP contribution in [-0.2, 0) is 22.4 Å². The van der Waals surface area contributed by atoms with Crippen LogP contribution in [-0.4, -0.2) is 29.0 Å². The topological polar surface area (TPSA) is 87.1 Å². The molecule has 1 unspecified atom stereocenters. The molecule has 3 aromatic rings. The first kappa shape index (κ1) is 21.8. The Kier molecular flexibility index (Phi) is 5.57. The molecule has 172 valence electrons. The second-order valence-electron chi connectivity index (χ2n) is 8.62. The van der Waals surface area contributed by atoms with Crippen molar-refractivity contribution in [3.63, 3.8) is 0 Å². The van der Waals surface area contributed by atoms with Crippen LogP contribution in [0.2, 0.25) is 0 Å². The number of nitrogens with zero attached hydrogens (tertiary/aromatic N) is 1. The fraction of sp³-hybridized carbons (Fsp3) is 0.214. The second kappa shape index (κ2) is 8.71. The lowest BCUT2D eigenvalue weighted by molar-refractivity contribution is -0.132. The third kappa shape index (κ3) is 3.61. The molecule has 3 aromatic carbocycles. The number of benzene rings is 3. The zero-order valence-electron chi connectivity index (χ0n) is 18.8. The Bertz CT molecular complexity index is 1310. The molecular weight excluding hydrogens is 430 g/mol. The van der Waals surface area contributed by atoms with Crippen LogP contribution in [0.5, 0.6) is 11.5 Å². The van der Waals surface area contributed by atoms with Gasteiger partial charge in [0.25, 0.3) is 11.7 Å². The minimum atomic E-state index is -0.907. The van der Waals surface area contributed by atoms with Crippen LogP contribution >= 0.6 is 0 Å². The summed E-state index contributed by atoms with van der Waals surface area (Å²) in [7, 11) is 1.55. The molecule has 1 atom stereocenters. The molecule has 1 saturated heterocycles. The number of ether oxygens (including phenoxy) is 1. The number of amides is 1. The Morgan fingerprint density at radius 3 is 2.35 bits per heavy atom. The van der Waals surface area contributed by atoms with Crippen molar-refractivity contribution in [1.82, 2.24) is 0 Å². The number of methoxy groups -OCH3 is 1. The quantitative estimate of drug-likeness (QED) is 0.332. The number of anilines is 1. The third-order valence-corrected chi connectivity index (χ3v) is 6.64. The highest BCUT2D eigenvalue weighted by atomic mass is 16.5. The molecule has 1 heterocycles. The van der Waals surface area contributed by atoms with Gasteiger partial charge in [0.15, 0.2) is 0 Å². The van der Waals surface area contributed by atoms with E-state index in [1.165, 1.54) is 16.5 Å². The fourth-order valence-corrected chi connectivity index (χ4v) is 4.89. The first-order chi connectivity index (χ1) is 16.5.